The van der Waals surface area contributed by atoms with Gasteiger partial charge in [0.05, 0.1) is 10.6 Å². The molecule has 86 valence electrons. The van der Waals surface area contributed by atoms with Crippen LogP contribution in [0.25, 0.3) is 0 Å². The summed E-state index contributed by atoms with van der Waals surface area (Å²) in [4.78, 5) is 0.883. The summed E-state index contributed by atoms with van der Waals surface area (Å²) in [7, 11) is -2.92. The normalized spacial score (nSPS) is 11.6. The number of anilines is 2. The van der Waals surface area contributed by atoms with Gasteiger partial charge in [0, 0.05) is 12.8 Å². The summed E-state index contributed by atoms with van der Waals surface area (Å²) in [6.07, 6.45) is 3.12. The minimum atomic E-state index is -2.92. The van der Waals surface area contributed by atoms with Crippen LogP contribution in [0.3, 0.4) is 0 Å². The molecule has 0 atom stereocenters. The molecule has 0 aliphatic rings. The van der Waals surface area contributed by atoms with Crippen molar-refractivity contribution in [1.82, 2.24) is 4.37 Å². The summed E-state index contributed by atoms with van der Waals surface area (Å²) < 4.78 is 25.8. The van der Waals surface area contributed by atoms with Crippen LogP contribution in [0.1, 0.15) is 0 Å². The van der Waals surface area contributed by atoms with Gasteiger partial charge in [-0.05, 0) is 17.8 Å². The zero-order valence-corrected chi connectivity index (χ0v) is 10.9. The van der Waals surface area contributed by atoms with Crippen LogP contribution in [0.2, 0.25) is 0 Å². The van der Waals surface area contributed by atoms with Gasteiger partial charge in [-0.25, -0.2) is 8.42 Å². The fourth-order valence-electron chi connectivity index (χ4n) is 0.954. The Morgan fingerprint density at radius 3 is 2.80 bits per heavy atom. The summed E-state index contributed by atoms with van der Waals surface area (Å²) >= 11 is 2.75. The first-order valence-corrected chi connectivity index (χ1v) is 8.20. The number of rotatable bonds is 5. The third-order valence-corrected chi connectivity index (χ3v) is 4.35. The van der Waals surface area contributed by atoms with Crippen molar-refractivity contribution in [3.05, 3.63) is 0 Å². The van der Waals surface area contributed by atoms with Crippen LogP contribution in [0.15, 0.2) is 4.90 Å². The summed E-state index contributed by atoms with van der Waals surface area (Å²) in [5, 5.41) is 3.85. The van der Waals surface area contributed by atoms with E-state index in [-0.39, 0.29) is 5.75 Å². The highest BCUT2D eigenvalue weighted by Gasteiger charge is 2.10. The lowest BCUT2D eigenvalue weighted by atomic mass is 10.6. The smallest absolute Gasteiger partial charge is 0.153 e. The van der Waals surface area contributed by atoms with Crippen molar-refractivity contribution in [3.8, 4) is 0 Å². The fraction of sp³-hybridized carbons (Fsp3) is 0.571. The van der Waals surface area contributed by atoms with Gasteiger partial charge < -0.3 is 11.1 Å². The maximum Gasteiger partial charge on any atom is 0.153 e. The Kier molecular flexibility index (Phi) is 4.23. The first-order chi connectivity index (χ1) is 6.94. The van der Waals surface area contributed by atoms with Crippen molar-refractivity contribution in [2.75, 3.05) is 35.9 Å². The van der Waals surface area contributed by atoms with Crippen LogP contribution >= 0.6 is 23.3 Å². The van der Waals surface area contributed by atoms with Gasteiger partial charge in [0.1, 0.15) is 14.8 Å². The van der Waals surface area contributed by atoms with E-state index < -0.39 is 9.84 Å². The Morgan fingerprint density at radius 1 is 1.60 bits per heavy atom. The van der Waals surface area contributed by atoms with E-state index in [2.05, 4.69) is 9.69 Å². The van der Waals surface area contributed by atoms with Crippen molar-refractivity contribution in [2.24, 2.45) is 0 Å². The molecule has 3 N–H and O–H groups in total. The maximum absolute atomic E-state index is 10.9. The molecule has 0 saturated heterocycles. The van der Waals surface area contributed by atoms with E-state index in [1.165, 1.54) is 29.6 Å². The molecule has 1 aromatic heterocycles. The van der Waals surface area contributed by atoms with E-state index in [1.807, 2.05) is 6.26 Å². The van der Waals surface area contributed by atoms with E-state index in [4.69, 9.17) is 5.73 Å². The Bertz CT molecular complexity index is 427. The lowest BCUT2D eigenvalue weighted by Gasteiger charge is -2.03. The van der Waals surface area contributed by atoms with Crippen LogP contribution in [0.4, 0.5) is 10.8 Å². The van der Waals surface area contributed by atoms with Crippen molar-refractivity contribution >= 4 is 44.0 Å². The minimum absolute atomic E-state index is 0.110. The number of nitrogens with two attached hydrogens (primary N) is 1. The monoisotopic (exact) mass is 267 g/mol. The largest absolute Gasteiger partial charge is 0.382 e. The van der Waals surface area contributed by atoms with Gasteiger partial charge in [-0.15, -0.1) is 11.8 Å². The molecule has 0 saturated carbocycles. The third kappa shape index (κ3) is 3.88. The quantitative estimate of drug-likeness (QED) is 0.771. The van der Waals surface area contributed by atoms with Gasteiger partial charge in [0.25, 0.3) is 0 Å². The number of sulfone groups is 1. The number of nitrogens with zero attached hydrogens (tertiary/aromatic N) is 1. The van der Waals surface area contributed by atoms with E-state index in [0.717, 1.165) is 9.90 Å². The summed E-state index contributed by atoms with van der Waals surface area (Å²) in [5.74, 6) is 0.605. The average molecular weight is 267 g/mol. The Balaban J connectivity index is 2.58. The fourth-order valence-corrected chi connectivity index (χ4v) is 2.99. The van der Waals surface area contributed by atoms with E-state index in [0.29, 0.717) is 12.4 Å². The molecule has 1 aromatic rings. The van der Waals surface area contributed by atoms with E-state index >= 15 is 0 Å². The maximum atomic E-state index is 10.9. The Hall–Kier alpha value is -0.470. The predicted molar refractivity (Wildman–Crippen MR) is 66.5 cm³/mol. The van der Waals surface area contributed by atoms with Crippen molar-refractivity contribution < 1.29 is 8.42 Å². The predicted octanol–water partition coefficient (Wildman–Crippen LogP) is 0.904. The first-order valence-electron chi connectivity index (χ1n) is 4.15. The molecule has 0 amide bonds. The van der Waals surface area contributed by atoms with Gasteiger partial charge in [0.15, 0.2) is 5.82 Å². The molecule has 15 heavy (non-hydrogen) atoms. The molecular formula is C7H13N3O2S3. The number of hydrogen-bond acceptors (Lipinski definition) is 7. The number of hydrogen-bond donors (Lipinski definition) is 2. The van der Waals surface area contributed by atoms with Crippen LogP contribution in [0.5, 0.6) is 0 Å². The third-order valence-electron chi connectivity index (χ3n) is 1.64. The number of aromatic nitrogens is 1. The molecule has 0 unspecified atom stereocenters. The molecule has 5 nitrogen and oxygen atoms in total. The molecule has 0 bridgehead atoms. The topological polar surface area (TPSA) is 85.1 Å². The summed E-state index contributed by atoms with van der Waals surface area (Å²) in [6.45, 7) is 0.383. The lowest BCUT2D eigenvalue weighted by molar-refractivity contribution is 0.602. The number of nitrogens with one attached hydrogen (secondary N) is 1. The molecule has 0 aromatic carbocycles. The molecule has 0 spiro atoms. The van der Waals surface area contributed by atoms with Crippen LogP contribution in [-0.2, 0) is 9.84 Å². The molecule has 0 aliphatic heterocycles. The highest BCUT2D eigenvalue weighted by atomic mass is 32.2. The first kappa shape index (κ1) is 12.6. The SMILES string of the molecule is CSc1c(N)nsc1NCCS(C)(=O)=O. The highest BCUT2D eigenvalue weighted by Crippen LogP contribution is 2.34. The Morgan fingerprint density at radius 2 is 2.27 bits per heavy atom. The zero-order valence-electron chi connectivity index (χ0n) is 8.48. The van der Waals surface area contributed by atoms with Gasteiger partial charge in [-0.1, -0.05) is 0 Å². The van der Waals surface area contributed by atoms with E-state index in [1.54, 1.807) is 0 Å². The minimum Gasteiger partial charge on any atom is -0.382 e. The van der Waals surface area contributed by atoms with Crippen molar-refractivity contribution in [1.29, 1.82) is 0 Å². The van der Waals surface area contributed by atoms with Gasteiger partial charge >= 0.3 is 0 Å². The van der Waals surface area contributed by atoms with Gasteiger partial charge in [0.2, 0.25) is 0 Å². The summed E-state index contributed by atoms with van der Waals surface area (Å²) in [5.41, 5.74) is 5.63. The van der Waals surface area contributed by atoms with Crippen LogP contribution in [0, 0.1) is 0 Å². The zero-order chi connectivity index (χ0) is 11.5. The second-order valence-corrected chi connectivity index (χ2v) is 6.84. The molecule has 0 fully saturated rings. The van der Waals surface area contributed by atoms with Crippen LogP contribution in [-0.4, -0.2) is 37.6 Å². The van der Waals surface area contributed by atoms with Crippen LogP contribution < -0.4 is 11.1 Å². The molecule has 1 rings (SSSR count). The summed E-state index contributed by atoms with van der Waals surface area (Å²) in [6, 6.07) is 0. The number of nitrogen functional groups attached to an aromatic ring is 1. The molecule has 0 radical (unpaired) electrons. The van der Waals surface area contributed by atoms with E-state index in [9.17, 15) is 8.42 Å². The number of thioether (sulfide) groups is 1. The molecular weight excluding hydrogens is 254 g/mol. The van der Waals surface area contributed by atoms with Gasteiger partial charge in [-0.2, -0.15) is 4.37 Å². The average Bonchev–Trinajstić information content (AvgIpc) is 2.44. The second-order valence-electron chi connectivity index (χ2n) is 2.99. The lowest BCUT2D eigenvalue weighted by Crippen LogP contribution is -2.13. The van der Waals surface area contributed by atoms with Crippen molar-refractivity contribution in [3.63, 3.8) is 0 Å². The standard InChI is InChI=1S/C7H13N3O2S3/c1-13-5-6(8)10-14-7(5)9-3-4-15(2,11)12/h9H,3-4H2,1-2H3,(H2,8,10). The Labute approximate surface area is 97.5 Å². The van der Waals surface area contributed by atoms with Crippen molar-refractivity contribution in [2.45, 2.75) is 4.90 Å². The molecule has 0 aliphatic carbocycles. The van der Waals surface area contributed by atoms with Gasteiger partial charge in [-0.3, -0.25) is 0 Å². The molecule has 8 heteroatoms. The second kappa shape index (κ2) is 5.04. The molecule has 1 heterocycles. The highest BCUT2D eigenvalue weighted by molar-refractivity contribution is 7.99.